The Balaban J connectivity index is 2.86. The molecule has 0 spiro atoms. The molecule has 0 bridgehead atoms. The van der Waals surface area contributed by atoms with Crippen LogP contribution in [-0.2, 0) is 10.2 Å². The number of pyridine rings is 1. The Morgan fingerprint density at radius 1 is 1.18 bits per heavy atom. The van der Waals surface area contributed by atoms with Gasteiger partial charge in [0.1, 0.15) is 11.2 Å². The summed E-state index contributed by atoms with van der Waals surface area (Å²) < 4.78 is 0. The van der Waals surface area contributed by atoms with Crippen LogP contribution in [0.2, 0.25) is 0 Å². The van der Waals surface area contributed by atoms with Gasteiger partial charge in [0.05, 0.1) is 11.4 Å². The number of nitrogens with zero attached hydrogens (tertiary/aromatic N) is 1. The van der Waals surface area contributed by atoms with Crippen LogP contribution in [0.4, 0.5) is 0 Å². The highest BCUT2D eigenvalue weighted by Gasteiger charge is 2.42. The SMILES string of the molecule is CCC(C(N)=O)(c1ccccc1)c1nc(C)c(O)c(C)c1C. The molecule has 116 valence electrons. The summed E-state index contributed by atoms with van der Waals surface area (Å²) in [6, 6.07) is 9.47. The number of hydrogen-bond donors (Lipinski definition) is 2. The number of aromatic hydroxyl groups is 1. The Bertz CT molecular complexity index is 711. The van der Waals surface area contributed by atoms with Crippen molar-refractivity contribution in [3.8, 4) is 5.75 Å². The van der Waals surface area contributed by atoms with E-state index in [1.54, 1.807) is 6.92 Å². The van der Waals surface area contributed by atoms with E-state index in [1.165, 1.54) is 0 Å². The average molecular weight is 298 g/mol. The predicted octanol–water partition coefficient (Wildman–Crippen LogP) is 2.89. The Labute approximate surface area is 131 Å². The molecule has 1 heterocycles. The van der Waals surface area contributed by atoms with Gasteiger partial charge in [0.25, 0.3) is 0 Å². The fraction of sp³-hybridized carbons (Fsp3) is 0.333. The van der Waals surface area contributed by atoms with Gasteiger partial charge in [0, 0.05) is 0 Å². The maximum Gasteiger partial charge on any atom is 0.234 e. The lowest BCUT2D eigenvalue weighted by molar-refractivity contribution is -0.122. The van der Waals surface area contributed by atoms with Crippen LogP contribution >= 0.6 is 0 Å². The van der Waals surface area contributed by atoms with Crippen LogP contribution in [0.25, 0.3) is 0 Å². The van der Waals surface area contributed by atoms with Crippen molar-refractivity contribution in [1.29, 1.82) is 0 Å². The lowest BCUT2D eigenvalue weighted by atomic mass is 9.72. The van der Waals surface area contributed by atoms with Gasteiger partial charge in [-0.2, -0.15) is 0 Å². The van der Waals surface area contributed by atoms with E-state index in [4.69, 9.17) is 5.73 Å². The number of aromatic nitrogens is 1. The van der Waals surface area contributed by atoms with Gasteiger partial charge in [0.2, 0.25) is 5.91 Å². The first kappa shape index (κ1) is 16.0. The molecule has 0 radical (unpaired) electrons. The Morgan fingerprint density at radius 3 is 2.27 bits per heavy atom. The molecule has 0 saturated carbocycles. The number of amides is 1. The van der Waals surface area contributed by atoms with Gasteiger partial charge in [-0.25, -0.2) is 0 Å². The first-order chi connectivity index (χ1) is 10.4. The standard InChI is InChI=1S/C18H22N2O2/c1-5-18(17(19)22,14-9-7-6-8-10-14)16-12(3)11(2)15(21)13(4)20-16/h6-10,21H,5H2,1-4H3,(H2,19,22). The first-order valence-electron chi connectivity index (χ1n) is 7.38. The predicted molar refractivity (Wildman–Crippen MR) is 86.8 cm³/mol. The van der Waals surface area contributed by atoms with E-state index in [0.29, 0.717) is 17.8 Å². The number of rotatable bonds is 4. The quantitative estimate of drug-likeness (QED) is 0.911. The highest BCUT2D eigenvalue weighted by Crippen LogP contribution is 2.39. The topological polar surface area (TPSA) is 76.2 Å². The summed E-state index contributed by atoms with van der Waals surface area (Å²) in [5.41, 5.74) is 8.31. The molecule has 0 aliphatic heterocycles. The van der Waals surface area contributed by atoms with Gasteiger partial charge in [-0.1, -0.05) is 37.3 Å². The summed E-state index contributed by atoms with van der Waals surface area (Å²) in [6.45, 7) is 7.36. The molecule has 2 aromatic rings. The normalized spacial score (nSPS) is 13.6. The third-order valence-corrected chi connectivity index (χ3v) is 4.52. The Kier molecular flexibility index (Phi) is 4.22. The van der Waals surface area contributed by atoms with Crippen molar-refractivity contribution in [3.05, 3.63) is 58.4 Å². The molecule has 1 aromatic heterocycles. The lowest BCUT2D eigenvalue weighted by Gasteiger charge is -2.32. The molecule has 0 aliphatic rings. The molecule has 4 nitrogen and oxygen atoms in total. The van der Waals surface area contributed by atoms with Crippen LogP contribution < -0.4 is 5.73 Å². The van der Waals surface area contributed by atoms with E-state index in [-0.39, 0.29) is 5.75 Å². The molecule has 0 saturated heterocycles. The molecule has 3 N–H and O–H groups in total. The lowest BCUT2D eigenvalue weighted by Crippen LogP contribution is -2.43. The van der Waals surface area contributed by atoms with Crippen LogP contribution in [0.3, 0.4) is 0 Å². The largest absolute Gasteiger partial charge is 0.506 e. The molecule has 0 fully saturated rings. The van der Waals surface area contributed by atoms with Crippen molar-refractivity contribution in [2.24, 2.45) is 5.73 Å². The van der Waals surface area contributed by atoms with Gasteiger partial charge in [0.15, 0.2) is 0 Å². The summed E-state index contributed by atoms with van der Waals surface area (Å²) in [7, 11) is 0. The van der Waals surface area contributed by atoms with E-state index >= 15 is 0 Å². The van der Waals surface area contributed by atoms with E-state index in [1.807, 2.05) is 51.1 Å². The zero-order chi connectivity index (χ0) is 16.5. The zero-order valence-corrected chi connectivity index (χ0v) is 13.5. The van der Waals surface area contributed by atoms with E-state index < -0.39 is 11.3 Å². The molecule has 2 rings (SSSR count). The van der Waals surface area contributed by atoms with Gasteiger partial charge in [-0.15, -0.1) is 0 Å². The summed E-state index contributed by atoms with van der Waals surface area (Å²) >= 11 is 0. The van der Waals surface area contributed by atoms with E-state index in [2.05, 4.69) is 4.98 Å². The van der Waals surface area contributed by atoms with Crippen molar-refractivity contribution in [1.82, 2.24) is 4.98 Å². The minimum absolute atomic E-state index is 0.170. The van der Waals surface area contributed by atoms with Crippen LogP contribution in [0, 0.1) is 20.8 Å². The fourth-order valence-corrected chi connectivity index (χ4v) is 3.01. The Morgan fingerprint density at radius 2 is 1.77 bits per heavy atom. The van der Waals surface area contributed by atoms with Crippen LogP contribution in [-0.4, -0.2) is 16.0 Å². The minimum Gasteiger partial charge on any atom is -0.506 e. The third-order valence-electron chi connectivity index (χ3n) is 4.52. The molecule has 1 atom stereocenters. The molecule has 1 aromatic carbocycles. The number of carbonyl (C=O) groups excluding carboxylic acids is 1. The second-order valence-electron chi connectivity index (χ2n) is 5.63. The molecule has 0 aliphatic carbocycles. The number of carbonyl (C=O) groups is 1. The van der Waals surface area contributed by atoms with Crippen LogP contribution in [0.5, 0.6) is 5.75 Å². The molecular formula is C18H22N2O2. The molecule has 22 heavy (non-hydrogen) atoms. The highest BCUT2D eigenvalue weighted by atomic mass is 16.3. The minimum atomic E-state index is -0.992. The van der Waals surface area contributed by atoms with Gasteiger partial charge >= 0.3 is 0 Å². The van der Waals surface area contributed by atoms with Gasteiger partial charge < -0.3 is 10.8 Å². The van der Waals surface area contributed by atoms with Crippen LogP contribution in [0.15, 0.2) is 30.3 Å². The van der Waals surface area contributed by atoms with Crippen molar-refractivity contribution in [2.75, 3.05) is 0 Å². The summed E-state index contributed by atoms with van der Waals surface area (Å²) in [6.07, 6.45) is 0.504. The molecule has 4 heteroatoms. The molecule has 1 amide bonds. The third kappa shape index (κ3) is 2.25. The number of aryl methyl sites for hydroxylation is 1. The van der Waals surface area contributed by atoms with Crippen molar-refractivity contribution < 1.29 is 9.90 Å². The number of hydrogen-bond acceptors (Lipinski definition) is 3. The number of benzene rings is 1. The summed E-state index contributed by atoms with van der Waals surface area (Å²) in [4.78, 5) is 17.0. The summed E-state index contributed by atoms with van der Waals surface area (Å²) in [5.74, 6) is -0.259. The Hall–Kier alpha value is -2.36. The number of nitrogens with two attached hydrogens (primary N) is 1. The second-order valence-corrected chi connectivity index (χ2v) is 5.63. The molecular weight excluding hydrogens is 276 g/mol. The van der Waals surface area contributed by atoms with Gasteiger partial charge in [-0.05, 0) is 43.9 Å². The first-order valence-corrected chi connectivity index (χ1v) is 7.38. The van der Waals surface area contributed by atoms with Crippen molar-refractivity contribution >= 4 is 5.91 Å². The van der Waals surface area contributed by atoms with Crippen molar-refractivity contribution in [2.45, 2.75) is 39.5 Å². The van der Waals surface area contributed by atoms with E-state index in [0.717, 1.165) is 16.7 Å². The monoisotopic (exact) mass is 298 g/mol. The maximum absolute atomic E-state index is 12.4. The highest BCUT2D eigenvalue weighted by molar-refractivity contribution is 5.90. The summed E-state index contributed by atoms with van der Waals surface area (Å²) in [5, 5.41) is 10.1. The van der Waals surface area contributed by atoms with Crippen molar-refractivity contribution in [3.63, 3.8) is 0 Å². The van der Waals surface area contributed by atoms with Crippen LogP contribution in [0.1, 0.15) is 41.4 Å². The van der Waals surface area contributed by atoms with Gasteiger partial charge in [-0.3, -0.25) is 9.78 Å². The fourth-order valence-electron chi connectivity index (χ4n) is 3.01. The van der Waals surface area contributed by atoms with E-state index in [9.17, 15) is 9.90 Å². The molecule has 1 unspecified atom stereocenters. The number of primary amides is 1. The smallest absolute Gasteiger partial charge is 0.234 e. The maximum atomic E-state index is 12.4. The zero-order valence-electron chi connectivity index (χ0n) is 13.5. The average Bonchev–Trinajstić information content (AvgIpc) is 2.52. The second kappa shape index (κ2) is 5.79.